The van der Waals surface area contributed by atoms with Crippen LogP contribution < -0.4 is 0 Å². The van der Waals surface area contributed by atoms with Crippen LogP contribution >= 0.6 is 11.8 Å². The topological polar surface area (TPSA) is 40.5 Å². The quantitative estimate of drug-likeness (QED) is 0.773. The minimum Gasteiger partial charge on any atom is -0.481 e. The molecule has 0 aliphatic rings. The monoisotopic (exact) mass is 245 g/mol. The molecule has 1 atom stereocenters. The number of hydrogen-bond acceptors (Lipinski definition) is 3. The van der Waals surface area contributed by atoms with E-state index in [0.717, 1.165) is 0 Å². The van der Waals surface area contributed by atoms with Gasteiger partial charge in [-0.25, -0.2) is 0 Å². The van der Waals surface area contributed by atoms with Crippen LogP contribution in [0.15, 0.2) is 0 Å². The van der Waals surface area contributed by atoms with Gasteiger partial charge in [-0.2, -0.15) is 13.2 Å². The predicted octanol–water partition coefficient (Wildman–Crippen LogP) is 1.69. The normalized spacial score (nSPS) is 14.3. The lowest BCUT2D eigenvalue weighted by molar-refractivity contribution is -0.149. The minimum absolute atomic E-state index is 0.268. The van der Waals surface area contributed by atoms with Crippen LogP contribution in [-0.4, -0.2) is 53.8 Å². The van der Waals surface area contributed by atoms with Gasteiger partial charge in [-0.3, -0.25) is 4.79 Å². The molecule has 0 bridgehead atoms. The van der Waals surface area contributed by atoms with Gasteiger partial charge in [0.15, 0.2) is 0 Å². The van der Waals surface area contributed by atoms with Gasteiger partial charge in [-0.1, -0.05) is 0 Å². The van der Waals surface area contributed by atoms with Crippen molar-refractivity contribution in [2.24, 2.45) is 0 Å². The zero-order chi connectivity index (χ0) is 12.1. The molecule has 0 fully saturated rings. The Kier molecular flexibility index (Phi) is 6.04. The third kappa shape index (κ3) is 7.49. The van der Waals surface area contributed by atoms with Crippen LogP contribution in [-0.2, 0) is 4.79 Å². The van der Waals surface area contributed by atoms with Gasteiger partial charge in [0, 0.05) is 12.3 Å². The first-order valence-corrected chi connectivity index (χ1v) is 5.33. The standard InChI is InChI=1S/C8H14F3NO2S/c1-12(2)3-4-15-6(5-7(13)14)8(9,10)11/h6H,3-5H2,1-2H3,(H,13,14). The summed E-state index contributed by atoms with van der Waals surface area (Å²) in [5, 5.41) is 6.52. The average Bonchev–Trinajstić information content (AvgIpc) is 1.99. The molecule has 3 nitrogen and oxygen atoms in total. The zero-order valence-electron chi connectivity index (χ0n) is 8.54. The highest BCUT2D eigenvalue weighted by Crippen LogP contribution is 2.32. The number of thioether (sulfide) groups is 1. The number of carbonyl (C=O) groups is 1. The van der Waals surface area contributed by atoms with Crippen molar-refractivity contribution in [2.45, 2.75) is 17.8 Å². The van der Waals surface area contributed by atoms with E-state index in [2.05, 4.69) is 0 Å². The second-order valence-electron chi connectivity index (χ2n) is 3.30. The highest BCUT2D eigenvalue weighted by Gasteiger charge is 2.41. The number of aliphatic carboxylic acids is 1. The van der Waals surface area contributed by atoms with E-state index in [0.29, 0.717) is 18.3 Å². The van der Waals surface area contributed by atoms with Gasteiger partial charge in [0.25, 0.3) is 0 Å². The van der Waals surface area contributed by atoms with E-state index >= 15 is 0 Å². The molecular weight excluding hydrogens is 231 g/mol. The number of carboxylic acids is 1. The molecule has 1 unspecified atom stereocenters. The van der Waals surface area contributed by atoms with Gasteiger partial charge in [0.1, 0.15) is 5.25 Å². The molecule has 0 aromatic rings. The van der Waals surface area contributed by atoms with Crippen LogP contribution in [0.3, 0.4) is 0 Å². The van der Waals surface area contributed by atoms with Gasteiger partial charge in [0.2, 0.25) is 0 Å². The predicted molar refractivity (Wildman–Crippen MR) is 53.1 cm³/mol. The fraction of sp³-hybridized carbons (Fsp3) is 0.875. The molecule has 0 heterocycles. The Hall–Kier alpha value is -0.430. The van der Waals surface area contributed by atoms with Gasteiger partial charge in [0.05, 0.1) is 6.42 Å². The summed E-state index contributed by atoms with van der Waals surface area (Å²) in [6.07, 6.45) is -5.32. The molecule has 0 rings (SSSR count). The van der Waals surface area contributed by atoms with Crippen molar-refractivity contribution in [1.82, 2.24) is 4.90 Å². The van der Waals surface area contributed by atoms with Gasteiger partial charge in [-0.05, 0) is 14.1 Å². The second-order valence-corrected chi connectivity index (χ2v) is 4.61. The summed E-state index contributed by atoms with van der Waals surface area (Å²) in [4.78, 5) is 12.0. The van der Waals surface area contributed by atoms with Crippen LogP contribution in [0.25, 0.3) is 0 Å². The molecule has 7 heteroatoms. The van der Waals surface area contributed by atoms with Crippen LogP contribution in [0, 0.1) is 0 Å². The lowest BCUT2D eigenvalue weighted by Crippen LogP contribution is -2.29. The second kappa shape index (κ2) is 6.22. The summed E-state index contributed by atoms with van der Waals surface area (Å²) >= 11 is 0.638. The number of halogens is 3. The fourth-order valence-corrected chi connectivity index (χ4v) is 2.01. The third-order valence-corrected chi connectivity index (χ3v) is 2.84. The lowest BCUT2D eigenvalue weighted by atomic mass is 10.3. The molecule has 0 radical (unpaired) electrons. The summed E-state index contributed by atoms with van der Waals surface area (Å²) < 4.78 is 36.9. The Morgan fingerprint density at radius 2 is 2.00 bits per heavy atom. The number of carboxylic acid groups (broad SMARTS) is 1. The highest BCUT2D eigenvalue weighted by atomic mass is 32.2. The summed E-state index contributed by atoms with van der Waals surface area (Å²) in [7, 11) is 3.50. The van der Waals surface area contributed by atoms with Crippen molar-refractivity contribution in [3.63, 3.8) is 0 Å². The summed E-state index contributed by atoms with van der Waals surface area (Å²) in [5.41, 5.74) is 0. The molecular formula is C8H14F3NO2S. The molecule has 0 aromatic heterocycles. The maximum Gasteiger partial charge on any atom is 0.401 e. The number of nitrogens with zero attached hydrogens (tertiary/aromatic N) is 1. The van der Waals surface area contributed by atoms with E-state index in [1.807, 2.05) is 0 Å². The van der Waals surface area contributed by atoms with Gasteiger partial charge >= 0.3 is 12.1 Å². The lowest BCUT2D eigenvalue weighted by Gasteiger charge is -2.19. The SMILES string of the molecule is CN(C)CCSC(CC(=O)O)C(F)(F)F. The first-order valence-electron chi connectivity index (χ1n) is 4.28. The van der Waals surface area contributed by atoms with E-state index in [9.17, 15) is 18.0 Å². The molecule has 0 aliphatic heterocycles. The number of hydrogen-bond donors (Lipinski definition) is 1. The third-order valence-electron chi connectivity index (χ3n) is 1.58. The Morgan fingerprint density at radius 1 is 1.47 bits per heavy atom. The first kappa shape index (κ1) is 14.6. The molecule has 0 saturated heterocycles. The molecule has 0 saturated carbocycles. The van der Waals surface area contributed by atoms with Crippen LogP contribution in [0.5, 0.6) is 0 Å². The summed E-state index contributed by atoms with van der Waals surface area (Å²) in [5.74, 6) is -1.15. The number of rotatable bonds is 6. The minimum atomic E-state index is -4.45. The van der Waals surface area contributed by atoms with E-state index in [1.165, 1.54) is 0 Å². The van der Waals surface area contributed by atoms with Crippen molar-refractivity contribution in [2.75, 3.05) is 26.4 Å². The Bertz CT molecular complexity index is 209. The summed E-state index contributed by atoms with van der Waals surface area (Å²) in [6.45, 7) is 0.497. The van der Waals surface area contributed by atoms with Crippen LogP contribution in [0.1, 0.15) is 6.42 Å². The molecule has 0 amide bonds. The van der Waals surface area contributed by atoms with Crippen molar-refractivity contribution in [1.29, 1.82) is 0 Å². The Balaban J connectivity index is 4.09. The Labute approximate surface area is 90.6 Å². The smallest absolute Gasteiger partial charge is 0.401 e. The summed E-state index contributed by atoms with van der Waals surface area (Å²) in [6, 6.07) is 0. The van der Waals surface area contributed by atoms with Crippen molar-refractivity contribution >= 4 is 17.7 Å². The van der Waals surface area contributed by atoms with E-state index in [4.69, 9.17) is 5.11 Å². The largest absolute Gasteiger partial charge is 0.481 e. The zero-order valence-corrected chi connectivity index (χ0v) is 9.36. The first-order chi connectivity index (χ1) is 6.73. The molecule has 0 spiro atoms. The van der Waals surface area contributed by atoms with Crippen molar-refractivity contribution < 1.29 is 23.1 Å². The fourth-order valence-electron chi connectivity index (χ4n) is 0.805. The highest BCUT2D eigenvalue weighted by molar-refractivity contribution is 8.00. The Morgan fingerprint density at radius 3 is 2.33 bits per heavy atom. The molecule has 1 N–H and O–H groups in total. The maximum absolute atomic E-state index is 12.3. The van der Waals surface area contributed by atoms with E-state index in [-0.39, 0.29) is 5.75 Å². The molecule has 0 aromatic carbocycles. The van der Waals surface area contributed by atoms with Crippen LogP contribution in [0.2, 0.25) is 0 Å². The van der Waals surface area contributed by atoms with E-state index < -0.39 is 23.8 Å². The van der Waals surface area contributed by atoms with E-state index in [1.54, 1.807) is 19.0 Å². The van der Waals surface area contributed by atoms with Crippen LogP contribution in [0.4, 0.5) is 13.2 Å². The van der Waals surface area contributed by atoms with Gasteiger partial charge < -0.3 is 10.0 Å². The molecule has 90 valence electrons. The average molecular weight is 245 g/mol. The molecule has 0 aliphatic carbocycles. The van der Waals surface area contributed by atoms with Gasteiger partial charge in [-0.15, -0.1) is 11.8 Å². The van der Waals surface area contributed by atoms with Crippen molar-refractivity contribution in [3.8, 4) is 0 Å². The maximum atomic E-state index is 12.3. The molecule has 15 heavy (non-hydrogen) atoms. The number of alkyl halides is 3. The van der Waals surface area contributed by atoms with Crippen molar-refractivity contribution in [3.05, 3.63) is 0 Å².